The molecule has 2 N–H and O–H groups in total. The van der Waals surface area contributed by atoms with E-state index in [-0.39, 0.29) is 24.3 Å². The highest BCUT2D eigenvalue weighted by atomic mass is 16.5. The van der Waals surface area contributed by atoms with Gasteiger partial charge in [-0.2, -0.15) is 0 Å². The summed E-state index contributed by atoms with van der Waals surface area (Å²) in [4.78, 5) is 35.8. The molecular formula is C19H20N2O6. The van der Waals surface area contributed by atoms with Crippen LogP contribution in [-0.4, -0.2) is 30.2 Å². The molecule has 1 unspecified atom stereocenters. The quantitative estimate of drug-likeness (QED) is 0.785. The minimum absolute atomic E-state index is 0.0376. The number of carbonyl (C=O) groups is 2. The van der Waals surface area contributed by atoms with Crippen molar-refractivity contribution in [2.24, 2.45) is 12.8 Å². The summed E-state index contributed by atoms with van der Waals surface area (Å²) >= 11 is 0. The van der Waals surface area contributed by atoms with Crippen molar-refractivity contribution in [2.75, 3.05) is 13.7 Å². The molecule has 2 aromatic rings. The lowest BCUT2D eigenvalue weighted by Gasteiger charge is -2.26. The molecule has 1 aromatic carbocycles. The Bertz CT molecular complexity index is 979. The summed E-state index contributed by atoms with van der Waals surface area (Å²) in [6.07, 6.45) is 0.0376. The fraction of sp³-hybridized carbons (Fsp3) is 0.316. The predicted octanol–water partition coefficient (Wildman–Crippen LogP) is 1.01. The molecule has 0 radical (unpaired) electrons. The Morgan fingerprint density at radius 2 is 2.04 bits per heavy atom. The van der Waals surface area contributed by atoms with Crippen LogP contribution in [0.2, 0.25) is 0 Å². The van der Waals surface area contributed by atoms with Gasteiger partial charge in [0.1, 0.15) is 5.75 Å². The highest BCUT2D eigenvalue weighted by molar-refractivity contribution is 5.78. The van der Waals surface area contributed by atoms with E-state index in [4.69, 9.17) is 19.9 Å². The summed E-state index contributed by atoms with van der Waals surface area (Å²) in [5, 5.41) is 0. The predicted molar refractivity (Wildman–Crippen MR) is 96.2 cm³/mol. The first-order chi connectivity index (χ1) is 12.8. The van der Waals surface area contributed by atoms with Crippen molar-refractivity contribution in [3.05, 3.63) is 51.4 Å². The number of carbonyl (C=O) groups excluding carboxylic acids is 2. The van der Waals surface area contributed by atoms with Crippen molar-refractivity contribution in [3.8, 4) is 17.2 Å². The lowest BCUT2D eigenvalue weighted by atomic mass is 9.86. The number of aryl methyl sites for hydroxylation is 1. The molecule has 1 atom stereocenters. The topological polar surface area (TPSA) is 110 Å². The summed E-state index contributed by atoms with van der Waals surface area (Å²) < 4.78 is 17.5. The Morgan fingerprint density at radius 1 is 1.30 bits per heavy atom. The average molecular weight is 372 g/mol. The molecule has 8 nitrogen and oxygen atoms in total. The maximum absolute atomic E-state index is 12.8. The summed E-state index contributed by atoms with van der Waals surface area (Å²) in [7, 11) is 3.13. The number of amides is 1. The molecule has 1 aliphatic heterocycles. The van der Waals surface area contributed by atoms with Crippen LogP contribution >= 0.6 is 0 Å². The number of primary amides is 1. The molecule has 2 heterocycles. The van der Waals surface area contributed by atoms with Gasteiger partial charge in [-0.25, -0.2) is 0 Å². The zero-order valence-corrected chi connectivity index (χ0v) is 15.3. The van der Waals surface area contributed by atoms with Gasteiger partial charge in [0, 0.05) is 24.7 Å². The number of rotatable bonds is 5. The fourth-order valence-corrected chi connectivity index (χ4v) is 3.10. The van der Waals surface area contributed by atoms with Gasteiger partial charge in [-0.15, -0.1) is 0 Å². The van der Waals surface area contributed by atoms with Crippen LogP contribution in [0, 0.1) is 6.92 Å². The maximum atomic E-state index is 12.8. The van der Waals surface area contributed by atoms with Gasteiger partial charge in [0.15, 0.2) is 18.1 Å². The molecule has 0 saturated heterocycles. The van der Waals surface area contributed by atoms with E-state index in [0.29, 0.717) is 28.3 Å². The van der Waals surface area contributed by atoms with Crippen molar-refractivity contribution >= 4 is 11.9 Å². The van der Waals surface area contributed by atoms with E-state index in [1.165, 1.54) is 11.7 Å². The molecule has 1 aliphatic rings. The Labute approximate surface area is 155 Å². The highest BCUT2D eigenvalue weighted by Crippen LogP contribution is 2.39. The lowest BCUT2D eigenvalue weighted by Crippen LogP contribution is -2.32. The van der Waals surface area contributed by atoms with E-state index in [1.807, 2.05) is 0 Å². The zero-order chi connectivity index (χ0) is 19.7. The summed E-state index contributed by atoms with van der Waals surface area (Å²) in [5.74, 6) is -0.490. The number of fused-ring (bicyclic) bond motifs is 1. The monoisotopic (exact) mass is 372 g/mol. The van der Waals surface area contributed by atoms with Gasteiger partial charge in [-0.05, 0) is 24.6 Å². The molecule has 27 heavy (non-hydrogen) atoms. The first-order valence-electron chi connectivity index (χ1n) is 8.32. The van der Waals surface area contributed by atoms with E-state index >= 15 is 0 Å². The fourth-order valence-electron chi connectivity index (χ4n) is 3.10. The van der Waals surface area contributed by atoms with Crippen LogP contribution in [0.25, 0.3) is 0 Å². The number of hydrogen-bond donors (Lipinski definition) is 1. The standard InChI is InChI=1S/C19H20N2O6/c1-10-6-15-18(19(24)21(10)2)12(8-17(23)27-15)11-4-5-13(14(7-11)25-3)26-9-16(20)22/h4-7,12H,8-9H2,1-3H3,(H2,20,22). The van der Waals surface area contributed by atoms with Crippen LogP contribution in [0.4, 0.5) is 0 Å². The van der Waals surface area contributed by atoms with Gasteiger partial charge in [0.05, 0.1) is 19.1 Å². The zero-order valence-electron chi connectivity index (χ0n) is 15.3. The first kappa shape index (κ1) is 18.5. The number of methoxy groups -OCH3 is 1. The SMILES string of the molecule is COc1cc(C2CC(=O)Oc3cc(C)n(C)c(=O)c32)ccc1OCC(N)=O. The van der Waals surface area contributed by atoms with E-state index in [9.17, 15) is 14.4 Å². The molecule has 0 spiro atoms. The Hall–Kier alpha value is -3.29. The lowest BCUT2D eigenvalue weighted by molar-refractivity contribution is -0.135. The number of benzene rings is 1. The summed E-state index contributed by atoms with van der Waals surface area (Å²) in [5.41, 5.74) is 6.71. The van der Waals surface area contributed by atoms with Crippen molar-refractivity contribution in [1.29, 1.82) is 0 Å². The van der Waals surface area contributed by atoms with Crippen molar-refractivity contribution in [2.45, 2.75) is 19.3 Å². The molecule has 8 heteroatoms. The van der Waals surface area contributed by atoms with Crippen molar-refractivity contribution in [3.63, 3.8) is 0 Å². The number of esters is 1. The molecule has 0 saturated carbocycles. The van der Waals surface area contributed by atoms with Crippen LogP contribution in [0.15, 0.2) is 29.1 Å². The number of nitrogens with zero attached hydrogens (tertiary/aromatic N) is 1. The minimum Gasteiger partial charge on any atom is -0.493 e. The minimum atomic E-state index is -0.607. The third-order valence-corrected chi connectivity index (χ3v) is 4.57. The number of aromatic nitrogens is 1. The van der Waals surface area contributed by atoms with Crippen molar-refractivity contribution in [1.82, 2.24) is 4.57 Å². The van der Waals surface area contributed by atoms with Gasteiger partial charge >= 0.3 is 5.97 Å². The molecular weight excluding hydrogens is 352 g/mol. The molecule has 142 valence electrons. The average Bonchev–Trinajstić information content (AvgIpc) is 2.63. The molecule has 1 amide bonds. The number of ether oxygens (including phenoxy) is 3. The number of pyridine rings is 1. The maximum Gasteiger partial charge on any atom is 0.312 e. The summed E-state index contributed by atoms with van der Waals surface area (Å²) in [6, 6.07) is 6.71. The Balaban J connectivity index is 2.07. The third-order valence-electron chi connectivity index (χ3n) is 4.57. The van der Waals surface area contributed by atoms with Crippen molar-refractivity contribution < 1.29 is 23.8 Å². The highest BCUT2D eigenvalue weighted by Gasteiger charge is 2.32. The second-order valence-electron chi connectivity index (χ2n) is 6.32. The summed E-state index contributed by atoms with van der Waals surface area (Å²) in [6.45, 7) is 1.49. The number of hydrogen-bond acceptors (Lipinski definition) is 6. The Kier molecular flexibility index (Phi) is 4.89. The molecule has 0 fully saturated rings. The second kappa shape index (κ2) is 7.14. The van der Waals surface area contributed by atoms with Crippen LogP contribution in [0.1, 0.15) is 29.2 Å². The van der Waals surface area contributed by atoms with Gasteiger partial charge in [0.2, 0.25) is 0 Å². The van der Waals surface area contributed by atoms with Crippen LogP contribution in [-0.2, 0) is 16.6 Å². The van der Waals surface area contributed by atoms with E-state index in [2.05, 4.69) is 0 Å². The van der Waals surface area contributed by atoms with Crippen LogP contribution < -0.4 is 25.5 Å². The molecule has 1 aromatic heterocycles. The van der Waals surface area contributed by atoms with Crippen LogP contribution in [0.3, 0.4) is 0 Å². The van der Waals surface area contributed by atoms with Gasteiger partial charge in [0.25, 0.3) is 11.5 Å². The Morgan fingerprint density at radius 3 is 2.70 bits per heavy atom. The molecule has 0 bridgehead atoms. The van der Waals surface area contributed by atoms with E-state index in [1.54, 1.807) is 38.2 Å². The number of nitrogens with two attached hydrogens (primary N) is 1. The molecule has 3 rings (SSSR count). The largest absolute Gasteiger partial charge is 0.493 e. The van der Waals surface area contributed by atoms with Gasteiger partial charge in [-0.3, -0.25) is 14.4 Å². The second-order valence-corrected chi connectivity index (χ2v) is 6.32. The third kappa shape index (κ3) is 3.51. The normalized spacial score (nSPS) is 15.7. The van der Waals surface area contributed by atoms with Crippen LogP contribution in [0.5, 0.6) is 17.2 Å². The first-order valence-corrected chi connectivity index (χ1v) is 8.32. The van der Waals surface area contributed by atoms with Gasteiger partial charge in [-0.1, -0.05) is 6.07 Å². The van der Waals surface area contributed by atoms with E-state index in [0.717, 1.165) is 0 Å². The van der Waals surface area contributed by atoms with Gasteiger partial charge < -0.3 is 24.5 Å². The smallest absolute Gasteiger partial charge is 0.312 e. The van der Waals surface area contributed by atoms with E-state index < -0.39 is 17.8 Å². The molecule has 0 aliphatic carbocycles.